The summed E-state index contributed by atoms with van der Waals surface area (Å²) >= 11 is 0. The van der Waals surface area contributed by atoms with E-state index >= 15 is 0 Å². The molecule has 0 radical (unpaired) electrons. The zero-order valence-electron chi connectivity index (χ0n) is 13.3. The highest BCUT2D eigenvalue weighted by Crippen LogP contribution is 2.19. The summed E-state index contributed by atoms with van der Waals surface area (Å²) < 4.78 is 5.18. The second-order valence-corrected chi connectivity index (χ2v) is 5.66. The lowest BCUT2D eigenvalue weighted by Crippen LogP contribution is -2.32. The van der Waals surface area contributed by atoms with Crippen LogP contribution < -0.4 is 11.1 Å². The minimum absolute atomic E-state index is 0.248. The van der Waals surface area contributed by atoms with Crippen LogP contribution in [0, 0.1) is 0 Å². The number of amides is 1. The molecule has 0 saturated carbocycles. The third-order valence-corrected chi connectivity index (χ3v) is 3.88. The molecule has 3 aromatic rings. The van der Waals surface area contributed by atoms with Gasteiger partial charge in [0.15, 0.2) is 0 Å². The van der Waals surface area contributed by atoms with Crippen molar-refractivity contribution in [2.45, 2.75) is 12.6 Å². The maximum absolute atomic E-state index is 11.8. The van der Waals surface area contributed by atoms with Crippen molar-refractivity contribution in [3.63, 3.8) is 0 Å². The topological polar surface area (TPSA) is 64.3 Å². The molecule has 0 aliphatic rings. The molecule has 0 unspecified atom stereocenters. The number of rotatable bonds is 5. The highest BCUT2D eigenvalue weighted by atomic mass is 16.5. The fourth-order valence-corrected chi connectivity index (χ4v) is 2.52. The quantitative estimate of drug-likeness (QED) is 0.752. The number of nitrogens with one attached hydrogen (secondary N) is 1. The molecule has 0 aliphatic heterocycles. The third-order valence-electron chi connectivity index (χ3n) is 3.88. The minimum atomic E-state index is -0.463. The van der Waals surface area contributed by atoms with Crippen molar-refractivity contribution in [1.29, 1.82) is 0 Å². The summed E-state index contributed by atoms with van der Waals surface area (Å²) in [4.78, 5) is 11.8. The Morgan fingerprint density at radius 1 is 0.958 bits per heavy atom. The first-order chi connectivity index (χ1) is 11.7. The smallest absolute Gasteiger partial charge is 0.407 e. The zero-order chi connectivity index (χ0) is 16.8. The molecular formula is C20H20N2O2. The lowest BCUT2D eigenvalue weighted by Gasteiger charge is -2.14. The second kappa shape index (κ2) is 7.62. The number of nitrogens with two attached hydrogens (primary N) is 1. The van der Waals surface area contributed by atoms with Crippen LogP contribution in [0.2, 0.25) is 0 Å². The number of alkyl carbamates (subject to hydrolysis) is 1. The normalized spacial score (nSPS) is 11.9. The van der Waals surface area contributed by atoms with Crippen molar-refractivity contribution in [2.75, 3.05) is 6.54 Å². The minimum Gasteiger partial charge on any atom is -0.445 e. The lowest BCUT2D eigenvalue weighted by molar-refractivity contribution is 0.139. The lowest BCUT2D eigenvalue weighted by atomic mass is 10.0. The van der Waals surface area contributed by atoms with E-state index in [1.807, 2.05) is 60.7 Å². The molecule has 1 amide bonds. The Bertz CT molecular complexity index is 818. The number of fused-ring (bicyclic) bond motifs is 1. The van der Waals surface area contributed by atoms with Crippen LogP contribution in [-0.4, -0.2) is 12.6 Å². The summed E-state index contributed by atoms with van der Waals surface area (Å²) in [6.45, 7) is 0.573. The SMILES string of the molecule is N[C@H](CNC(=O)OCc1ccccc1)c1ccc2ccccc2c1. The Balaban J connectivity index is 1.52. The van der Waals surface area contributed by atoms with Gasteiger partial charge in [0, 0.05) is 12.6 Å². The molecule has 0 aliphatic carbocycles. The maximum Gasteiger partial charge on any atom is 0.407 e. The Hall–Kier alpha value is -2.85. The van der Waals surface area contributed by atoms with Crippen molar-refractivity contribution >= 4 is 16.9 Å². The fraction of sp³-hybridized carbons (Fsp3) is 0.150. The Morgan fingerprint density at radius 2 is 1.67 bits per heavy atom. The van der Waals surface area contributed by atoms with E-state index in [9.17, 15) is 4.79 Å². The van der Waals surface area contributed by atoms with Crippen molar-refractivity contribution < 1.29 is 9.53 Å². The number of carbonyl (C=O) groups is 1. The van der Waals surface area contributed by atoms with Gasteiger partial charge in [-0.25, -0.2) is 4.79 Å². The number of benzene rings is 3. The third kappa shape index (κ3) is 4.12. The Kier molecular flexibility index (Phi) is 5.08. The maximum atomic E-state index is 11.8. The summed E-state index contributed by atoms with van der Waals surface area (Å²) in [5, 5.41) is 5.02. The number of carbonyl (C=O) groups excluding carboxylic acids is 1. The molecule has 122 valence electrons. The summed E-state index contributed by atoms with van der Waals surface area (Å²) in [5.74, 6) is 0. The van der Waals surface area contributed by atoms with E-state index in [0.29, 0.717) is 6.54 Å². The van der Waals surface area contributed by atoms with E-state index in [2.05, 4.69) is 17.4 Å². The second-order valence-electron chi connectivity index (χ2n) is 5.66. The monoisotopic (exact) mass is 320 g/mol. The molecule has 4 heteroatoms. The predicted octanol–water partition coefficient (Wildman–Crippen LogP) is 3.77. The van der Waals surface area contributed by atoms with E-state index in [4.69, 9.17) is 10.5 Å². The fourth-order valence-electron chi connectivity index (χ4n) is 2.52. The van der Waals surface area contributed by atoms with Crippen LogP contribution in [-0.2, 0) is 11.3 Å². The molecule has 0 saturated heterocycles. The molecule has 24 heavy (non-hydrogen) atoms. The van der Waals surface area contributed by atoms with Crippen LogP contribution in [0.3, 0.4) is 0 Å². The van der Waals surface area contributed by atoms with Crippen LogP contribution in [0.15, 0.2) is 72.8 Å². The molecule has 3 aromatic carbocycles. The molecule has 0 fully saturated rings. The van der Waals surface area contributed by atoms with E-state index in [0.717, 1.165) is 16.5 Å². The van der Waals surface area contributed by atoms with Gasteiger partial charge in [-0.2, -0.15) is 0 Å². The highest BCUT2D eigenvalue weighted by molar-refractivity contribution is 5.83. The van der Waals surface area contributed by atoms with Gasteiger partial charge in [0.25, 0.3) is 0 Å². The molecule has 0 bridgehead atoms. The molecule has 0 aromatic heterocycles. The molecule has 4 nitrogen and oxygen atoms in total. The van der Waals surface area contributed by atoms with Gasteiger partial charge >= 0.3 is 6.09 Å². The van der Waals surface area contributed by atoms with Gasteiger partial charge < -0.3 is 15.8 Å². The average molecular weight is 320 g/mol. The van der Waals surface area contributed by atoms with Gasteiger partial charge in [0.05, 0.1) is 0 Å². The first kappa shape index (κ1) is 16.0. The van der Waals surface area contributed by atoms with Crippen LogP contribution in [0.25, 0.3) is 10.8 Å². The number of hydrogen-bond donors (Lipinski definition) is 2. The van der Waals surface area contributed by atoms with E-state index in [1.165, 1.54) is 5.39 Å². The summed E-state index contributed by atoms with van der Waals surface area (Å²) in [6.07, 6.45) is -0.463. The predicted molar refractivity (Wildman–Crippen MR) is 95.5 cm³/mol. The van der Waals surface area contributed by atoms with Gasteiger partial charge in [0.2, 0.25) is 0 Å². The van der Waals surface area contributed by atoms with Crippen molar-refractivity contribution in [1.82, 2.24) is 5.32 Å². The number of hydrogen-bond acceptors (Lipinski definition) is 3. The van der Waals surface area contributed by atoms with Crippen LogP contribution in [0.4, 0.5) is 4.79 Å². The standard InChI is InChI=1S/C20H20N2O2/c21-19(18-11-10-16-8-4-5-9-17(16)12-18)13-22-20(23)24-14-15-6-2-1-3-7-15/h1-12,19H,13-14,21H2,(H,22,23)/t19-/m1/s1. The molecule has 3 N–H and O–H groups in total. The Morgan fingerprint density at radius 3 is 2.46 bits per heavy atom. The molecular weight excluding hydrogens is 300 g/mol. The molecule has 0 spiro atoms. The summed E-state index contributed by atoms with van der Waals surface area (Å²) in [6, 6.07) is 23.5. The average Bonchev–Trinajstić information content (AvgIpc) is 2.65. The van der Waals surface area contributed by atoms with E-state index < -0.39 is 6.09 Å². The van der Waals surface area contributed by atoms with Gasteiger partial charge in [-0.3, -0.25) is 0 Å². The van der Waals surface area contributed by atoms with Gasteiger partial charge in [-0.1, -0.05) is 66.7 Å². The van der Waals surface area contributed by atoms with E-state index in [1.54, 1.807) is 0 Å². The first-order valence-electron chi connectivity index (χ1n) is 7.91. The molecule has 1 atom stereocenters. The molecule has 0 heterocycles. The first-order valence-corrected chi connectivity index (χ1v) is 7.91. The van der Waals surface area contributed by atoms with Crippen molar-refractivity contribution in [3.8, 4) is 0 Å². The summed E-state index contributed by atoms with van der Waals surface area (Å²) in [7, 11) is 0. The largest absolute Gasteiger partial charge is 0.445 e. The zero-order valence-corrected chi connectivity index (χ0v) is 13.3. The van der Waals surface area contributed by atoms with Gasteiger partial charge in [-0.05, 0) is 28.0 Å². The van der Waals surface area contributed by atoms with Crippen LogP contribution in [0.1, 0.15) is 17.2 Å². The summed E-state index contributed by atoms with van der Waals surface area (Å²) in [5.41, 5.74) is 8.11. The van der Waals surface area contributed by atoms with Gasteiger partial charge in [0.1, 0.15) is 6.61 Å². The van der Waals surface area contributed by atoms with Crippen LogP contribution >= 0.6 is 0 Å². The van der Waals surface area contributed by atoms with Crippen molar-refractivity contribution in [2.24, 2.45) is 5.73 Å². The van der Waals surface area contributed by atoms with E-state index in [-0.39, 0.29) is 12.6 Å². The molecule has 3 rings (SSSR count). The van der Waals surface area contributed by atoms with Crippen molar-refractivity contribution in [3.05, 3.63) is 83.9 Å². The van der Waals surface area contributed by atoms with Gasteiger partial charge in [-0.15, -0.1) is 0 Å². The highest BCUT2D eigenvalue weighted by Gasteiger charge is 2.09. The van der Waals surface area contributed by atoms with Crippen LogP contribution in [0.5, 0.6) is 0 Å². The number of ether oxygens (including phenoxy) is 1. The Labute approximate surface area is 141 Å².